The summed E-state index contributed by atoms with van der Waals surface area (Å²) in [6, 6.07) is 13.5. The van der Waals surface area contributed by atoms with E-state index in [1.807, 2.05) is 25.1 Å². The van der Waals surface area contributed by atoms with Gasteiger partial charge in [0.25, 0.3) is 5.91 Å². The molecule has 0 heterocycles. The molecule has 0 unspecified atom stereocenters. The van der Waals surface area contributed by atoms with Gasteiger partial charge in [-0.2, -0.15) is 5.26 Å². The van der Waals surface area contributed by atoms with E-state index in [0.717, 1.165) is 5.56 Å². The Bertz CT molecular complexity index is 916. The molecule has 0 aliphatic carbocycles. The molecule has 0 radical (unpaired) electrons. The Morgan fingerprint density at radius 2 is 2.04 bits per heavy atom. The third-order valence-corrected chi connectivity index (χ3v) is 3.62. The van der Waals surface area contributed by atoms with Gasteiger partial charge in [-0.15, -0.1) is 0 Å². The van der Waals surface area contributed by atoms with Crippen molar-refractivity contribution >= 4 is 35.2 Å². The highest BCUT2D eigenvalue weighted by Gasteiger charge is 2.13. The summed E-state index contributed by atoms with van der Waals surface area (Å²) in [5, 5.41) is 21.1. The number of aryl methyl sites for hydroxylation is 1. The maximum Gasteiger partial charge on any atom is 0.341 e. The number of benzene rings is 2. The van der Waals surface area contributed by atoms with E-state index in [1.54, 1.807) is 12.1 Å². The van der Waals surface area contributed by atoms with Crippen LogP contribution in [0.2, 0.25) is 5.02 Å². The Balaban J connectivity index is 2.31. The van der Waals surface area contributed by atoms with Gasteiger partial charge in [0.05, 0.1) is 0 Å². The number of hydrogen-bond donors (Lipinski definition) is 2. The van der Waals surface area contributed by atoms with Crippen LogP contribution in [0.1, 0.15) is 11.1 Å². The summed E-state index contributed by atoms with van der Waals surface area (Å²) in [4.78, 5) is 23.1. The molecular weight excluding hydrogens is 356 g/mol. The first kappa shape index (κ1) is 19.0. The van der Waals surface area contributed by atoms with E-state index < -0.39 is 18.5 Å². The smallest absolute Gasteiger partial charge is 0.341 e. The van der Waals surface area contributed by atoms with E-state index in [4.69, 9.17) is 21.4 Å². The number of para-hydroxylation sites is 1. The number of carbonyl (C=O) groups is 2. The van der Waals surface area contributed by atoms with Crippen molar-refractivity contribution in [3.63, 3.8) is 0 Å². The van der Waals surface area contributed by atoms with Crippen molar-refractivity contribution in [2.45, 2.75) is 6.92 Å². The molecule has 132 valence electrons. The van der Waals surface area contributed by atoms with Gasteiger partial charge in [-0.05, 0) is 42.8 Å². The first-order valence-electron chi connectivity index (χ1n) is 7.53. The second-order valence-electron chi connectivity index (χ2n) is 5.30. The zero-order chi connectivity index (χ0) is 19.1. The second-order valence-corrected chi connectivity index (χ2v) is 5.74. The third kappa shape index (κ3) is 5.10. The zero-order valence-electron chi connectivity index (χ0n) is 13.8. The number of carbonyl (C=O) groups excluding carboxylic acids is 1. The van der Waals surface area contributed by atoms with E-state index in [2.05, 4.69) is 5.32 Å². The van der Waals surface area contributed by atoms with Crippen LogP contribution < -0.4 is 10.1 Å². The van der Waals surface area contributed by atoms with Crippen molar-refractivity contribution in [1.29, 1.82) is 5.26 Å². The van der Waals surface area contributed by atoms with E-state index in [9.17, 15) is 14.9 Å². The first-order valence-corrected chi connectivity index (χ1v) is 7.91. The molecule has 0 atom stereocenters. The van der Waals surface area contributed by atoms with Crippen molar-refractivity contribution < 1.29 is 19.4 Å². The molecule has 26 heavy (non-hydrogen) atoms. The molecule has 2 N–H and O–H groups in total. The number of halogens is 1. The normalized spacial score (nSPS) is 10.7. The Kier molecular flexibility index (Phi) is 6.36. The van der Waals surface area contributed by atoms with Gasteiger partial charge >= 0.3 is 5.97 Å². The van der Waals surface area contributed by atoms with Crippen LogP contribution >= 0.6 is 11.6 Å². The number of anilines is 1. The predicted octanol–water partition coefficient (Wildman–Crippen LogP) is 3.66. The van der Waals surface area contributed by atoms with Gasteiger partial charge in [-0.3, -0.25) is 4.79 Å². The van der Waals surface area contributed by atoms with Gasteiger partial charge in [0.1, 0.15) is 17.4 Å². The van der Waals surface area contributed by atoms with Crippen molar-refractivity contribution in [3.05, 3.63) is 64.2 Å². The van der Waals surface area contributed by atoms with Gasteiger partial charge in [0.15, 0.2) is 6.61 Å². The summed E-state index contributed by atoms with van der Waals surface area (Å²) in [7, 11) is 0. The van der Waals surface area contributed by atoms with E-state index in [1.165, 1.54) is 24.3 Å². The molecule has 1 amide bonds. The summed E-state index contributed by atoms with van der Waals surface area (Å²) in [6.07, 6.45) is 1.30. The summed E-state index contributed by atoms with van der Waals surface area (Å²) in [6.45, 7) is 1.28. The number of nitriles is 1. The Hall–Kier alpha value is -3.30. The first-order chi connectivity index (χ1) is 12.4. The van der Waals surface area contributed by atoms with Gasteiger partial charge in [-0.1, -0.05) is 29.8 Å². The van der Waals surface area contributed by atoms with Crippen LogP contribution in [0.3, 0.4) is 0 Å². The minimum atomic E-state index is -1.15. The molecule has 7 heteroatoms. The molecule has 0 saturated heterocycles. The average Bonchev–Trinajstić information content (AvgIpc) is 2.60. The Morgan fingerprint density at radius 1 is 1.31 bits per heavy atom. The van der Waals surface area contributed by atoms with Gasteiger partial charge in [0.2, 0.25) is 0 Å². The lowest BCUT2D eigenvalue weighted by atomic mass is 10.1. The van der Waals surface area contributed by atoms with Gasteiger partial charge in [0, 0.05) is 16.3 Å². The van der Waals surface area contributed by atoms with Crippen LogP contribution in [0, 0.1) is 18.3 Å². The number of aliphatic carboxylic acids is 1. The molecule has 0 aliphatic heterocycles. The number of rotatable bonds is 6. The van der Waals surface area contributed by atoms with Crippen LogP contribution in [-0.4, -0.2) is 23.6 Å². The van der Waals surface area contributed by atoms with Crippen LogP contribution in [-0.2, 0) is 9.59 Å². The standard InChI is InChI=1S/C19H15ClN2O4/c1-12-4-2-3-5-16(12)22-19(25)14(10-21)8-13-9-15(20)6-7-17(13)26-11-18(23)24/h2-9H,11H2,1H3,(H,22,25)(H,23,24)/b14-8+. The zero-order valence-corrected chi connectivity index (χ0v) is 14.6. The molecule has 0 aliphatic rings. The maximum absolute atomic E-state index is 12.4. The molecule has 6 nitrogen and oxygen atoms in total. The maximum atomic E-state index is 12.4. The fourth-order valence-electron chi connectivity index (χ4n) is 2.11. The molecule has 0 bridgehead atoms. The lowest BCUT2D eigenvalue weighted by Crippen LogP contribution is -2.14. The molecule has 2 aromatic rings. The molecule has 0 spiro atoms. The topological polar surface area (TPSA) is 99.4 Å². The number of carboxylic acid groups (broad SMARTS) is 1. The molecule has 0 aromatic heterocycles. The summed E-state index contributed by atoms with van der Waals surface area (Å²) >= 11 is 5.95. The van der Waals surface area contributed by atoms with Crippen molar-refractivity contribution in [2.75, 3.05) is 11.9 Å². The molecule has 0 saturated carbocycles. The molecular formula is C19H15ClN2O4. The fraction of sp³-hybridized carbons (Fsp3) is 0.105. The number of nitrogens with zero attached hydrogens (tertiary/aromatic N) is 1. The second kappa shape index (κ2) is 8.70. The lowest BCUT2D eigenvalue weighted by molar-refractivity contribution is -0.139. The third-order valence-electron chi connectivity index (χ3n) is 3.38. The van der Waals surface area contributed by atoms with E-state index in [-0.39, 0.29) is 11.3 Å². The number of amides is 1. The number of nitrogens with one attached hydrogen (secondary N) is 1. The summed E-state index contributed by atoms with van der Waals surface area (Å²) in [5.74, 6) is -1.54. The fourth-order valence-corrected chi connectivity index (χ4v) is 2.29. The van der Waals surface area contributed by atoms with Gasteiger partial charge in [-0.25, -0.2) is 4.79 Å². The summed E-state index contributed by atoms with van der Waals surface area (Å²) in [5.41, 5.74) is 1.60. The van der Waals surface area contributed by atoms with Crippen LogP contribution in [0.5, 0.6) is 5.75 Å². The Morgan fingerprint density at radius 3 is 2.69 bits per heavy atom. The average molecular weight is 371 g/mol. The number of ether oxygens (including phenoxy) is 1. The highest BCUT2D eigenvalue weighted by atomic mass is 35.5. The van der Waals surface area contributed by atoms with Gasteiger partial charge < -0.3 is 15.2 Å². The number of hydrogen-bond acceptors (Lipinski definition) is 4. The van der Waals surface area contributed by atoms with Crippen LogP contribution in [0.4, 0.5) is 5.69 Å². The highest BCUT2D eigenvalue weighted by Crippen LogP contribution is 2.26. The Labute approximate surface area is 155 Å². The number of carboxylic acids is 1. The summed E-state index contributed by atoms with van der Waals surface area (Å²) < 4.78 is 5.17. The van der Waals surface area contributed by atoms with Crippen molar-refractivity contribution in [2.24, 2.45) is 0 Å². The van der Waals surface area contributed by atoms with Crippen molar-refractivity contribution in [3.8, 4) is 11.8 Å². The van der Waals surface area contributed by atoms with E-state index >= 15 is 0 Å². The minimum absolute atomic E-state index is 0.171. The monoisotopic (exact) mass is 370 g/mol. The van der Waals surface area contributed by atoms with E-state index in [0.29, 0.717) is 16.3 Å². The van der Waals surface area contributed by atoms with Crippen LogP contribution in [0.25, 0.3) is 6.08 Å². The minimum Gasteiger partial charge on any atom is -0.481 e. The molecule has 0 fully saturated rings. The highest BCUT2D eigenvalue weighted by molar-refractivity contribution is 6.30. The molecule has 2 rings (SSSR count). The lowest BCUT2D eigenvalue weighted by Gasteiger charge is -2.09. The SMILES string of the molecule is Cc1ccccc1NC(=O)/C(C#N)=C/c1cc(Cl)ccc1OCC(=O)O. The predicted molar refractivity (Wildman–Crippen MR) is 98.0 cm³/mol. The largest absolute Gasteiger partial charge is 0.481 e. The molecule has 2 aromatic carbocycles. The van der Waals surface area contributed by atoms with Crippen LogP contribution in [0.15, 0.2) is 48.0 Å². The quantitative estimate of drug-likeness (QED) is 0.597. The van der Waals surface area contributed by atoms with Crippen molar-refractivity contribution in [1.82, 2.24) is 0 Å².